The van der Waals surface area contributed by atoms with Gasteiger partial charge in [0.25, 0.3) is 11.8 Å². The number of benzene rings is 2. The number of nitrogens with one attached hydrogen (secondary N) is 2. The van der Waals surface area contributed by atoms with Crippen LogP contribution >= 0.6 is 11.3 Å². The predicted molar refractivity (Wildman–Crippen MR) is 124 cm³/mol. The van der Waals surface area contributed by atoms with Crippen LogP contribution in [0.5, 0.6) is 11.5 Å². The Balaban J connectivity index is 1.95. The van der Waals surface area contributed by atoms with Crippen LogP contribution in [0.2, 0.25) is 0 Å². The fourth-order valence-corrected chi connectivity index (χ4v) is 4.19. The number of aryl methyl sites for hydroxylation is 1. The molecular weight excluding hydrogens is 509 g/mol. The van der Waals surface area contributed by atoms with Gasteiger partial charge in [0.15, 0.2) is 0 Å². The molecule has 0 unspecified atom stereocenters. The summed E-state index contributed by atoms with van der Waals surface area (Å²) in [6, 6.07) is 6.35. The van der Waals surface area contributed by atoms with E-state index < -0.39 is 37.4 Å². The highest BCUT2D eigenvalue weighted by atomic mass is 32.1. The first kappa shape index (κ1) is 26.9. The topological polar surface area (TPSA) is 89.6 Å². The molecule has 0 bridgehead atoms. The van der Waals surface area contributed by atoms with Crippen molar-refractivity contribution in [1.82, 2.24) is 10.3 Å². The lowest BCUT2D eigenvalue weighted by atomic mass is 10.1. The third-order valence-electron chi connectivity index (χ3n) is 4.78. The molecule has 0 saturated carbocycles. The number of fused-ring (bicyclic) bond motifs is 1. The second-order valence-corrected chi connectivity index (χ2v) is 8.64. The molecule has 7 nitrogen and oxygen atoms in total. The maximum absolute atomic E-state index is 13.3. The Bertz CT molecular complexity index is 1310. The largest absolute Gasteiger partial charge is 0.496 e. The molecule has 1 aromatic heterocycles. The standard InChI is InChI=1S/C23H20F5N3O4S/c1-11(8-9-23(26,27)28)29-20(32)14-5-4-13(35-22(24)25)10-16(14)31-21(33)18-17(34-3)7-6-15-19(18)36-12(2)30-15/h4-7,10,22H,1,8-9H2,2-3H3,(H,29,32)(H,31,33). The highest BCUT2D eigenvalue weighted by Gasteiger charge is 2.27. The number of hydrogen-bond acceptors (Lipinski definition) is 6. The van der Waals surface area contributed by atoms with Gasteiger partial charge in [-0.15, -0.1) is 11.3 Å². The van der Waals surface area contributed by atoms with Crippen molar-refractivity contribution in [2.24, 2.45) is 0 Å². The minimum atomic E-state index is -4.45. The second kappa shape index (κ2) is 10.9. The van der Waals surface area contributed by atoms with Gasteiger partial charge < -0.3 is 20.1 Å². The van der Waals surface area contributed by atoms with E-state index in [1.54, 1.807) is 13.0 Å². The molecule has 2 N–H and O–H groups in total. The number of anilines is 1. The summed E-state index contributed by atoms with van der Waals surface area (Å²) in [6.45, 7) is 1.98. The Labute approximate surface area is 205 Å². The van der Waals surface area contributed by atoms with Gasteiger partial charge in [-0.1, -0.05) is 6.58 Å². The number of aromatic nitrogens is 1. The van der Waals surface area contributed by atoms with Crippen molar-refractivity contribution >= 4 is 39.1 Å². The first-order valence-electron chi connectivity index (χ1n) is 10.3. The molecular formula is C23H20F5N3O4S. The van der Waals surface area contributed by atoms with Crippen molar-refractivity contribution in [1.29, 1.82) is 0 Å². The highest BCUT2D eigenvalue weighted by Crippen LogP contribution is 2.34. The molecule has 0 aliphatic carbocycles. The summed E-state index contributed by atoms with van der Waals surface area (Å²) in [5.74, 6) is -1.79. The molecule has 1 heterocycles. The summed E-state index contributed by atoms with van der Waals surface area (Å²) < 4.78 is 73.1. The SMILES string of the molecule is C=C(CCC(F)(F)F)NC(=O)c1ccc(OC(F)F)cc1NC(=O)c1c(OC)ccc2nc(C)sc12. The number of thiazole rings is 1. The molecule has 192 valence electrons. The van der Waals surface area contributed by atoms with Crippen molar-refractivity contribution in [3.05, 3.63) is 58.7 Å². The van der Waals surface area contributed by atoms with Crippen molar-refractivity contribution in [2.45, 2.75) is 32.6 Å². The average molecular weight is 529 g/mol. The predicted octanol–water partition coefficient (Wildman–Crippen LogP) is 6.05. The van der Waals surface area contributed by atoms with E-state index >= 15 is 0 Å². The smallest absolute Gasteiger partial charge is 0.389 e. The van der Waals surface area contributed by atoms with Gasteiger partial charge >= 0.3 is 12.8 Å². The number of halogens is 5. The van der Waals surface area contributed by atoms with E-state index in [2.05, 4.69) is 26.9 Å². The molecule has 0 spiro atoms. The zero-order chi connectivity index (χ0) is 26.6. The minimum absolute atomic E-state index is 0.0988. The van der Waals surface area contributed by atoms with Gasteiger partial charge in [0.2, 0.25) is 0 Å². The fourth-order valence-electron chi connectivity index (χ4n) is 3.24. The van der Waals surface area contributed by atoms with Crippen molar-refractivity contribution in [2.75, 3.05) is 12.4 Å². The molecule has 13 heteroatoms. The van der Waals surface area contributed by atoms with Crippen LogP contribution < -0.4 is 20.1 Å². The third kappa shape index (κ3) is 6.68. The normalized spacial score (nSPS) is 11.4. The maximum Gasteiger partial charge on any atom is 0.389 e. The number of hydrogen-bond donors (Lipinski definition) is 2. The van der Waals surface area contributed by atoms with E-state index in [-0.39, 0.29) is 34.0 Å². The molecule has 0 aliphatic rings. The number of alkyl halides is 5. The zero-order valence-electron chi connectivity index (χ0n) is 19.0. The number of methoxy groups -OCH3 is 1. The van der Waals surface area contributed by atoms with Crippen LogP contribution in [0.15, 0.2) is 42.6 Å². The molecule has 3 rings (SSSR count). The van der Waals surface area contributed by atoms with Crippen LogP contribution in [0.25, 0.3) is 10.2 Å². The number of ether oxygens (including phenoxy) is 2. The van der Waals surface area contributed by atoms with E-state index in [1.807, 2.05) is 0 Å². The fraction of sp³-hybridized carbons (Fsp3) is 0.261. The summed E-state index contributed by atoms with van der Waals surface area (Å²) in [5.41, 5.74) is -0.0303. The van der Waals surface area contributed by atoms with Crippen LogP contribution in [0, 0.1) is 6.92 Å². The Kier molecular flexibility index (Phi) is 8.13. The van der Waals surface area contributed by atoms with Crippen LogP contribution in [0.3, 0.4) is 0 Å². The summed E-state index contributed by atoms with van der Waals surface area (Å²) in [4.78, 5) is 30.4. The lowest BCUT2D eigenvalue weighted by molar-refractivity contribution is -0.134. The minimum Gasteiger partial charge on any atom is -0.496 e. The van der Waals surface area contributed by atoms with Gasteiger partial charge in [-0.3, -0.25) is 9.59 Å². The van der Waals surface area contributed by atoms with Gasteiger partial charge in [0.05, 0.1) is 33.6 Å². The van der Waals surface area contributed by atoms with Gasteiger partial charge in [0, 0.05) is 18.2 Å². The number of rotatable bonds is 9. The first-order valence-corrected chi connectivity index (χ1v) is 11.1. The van der Waals surface area contributed by atoms with E-state index in [9.17, 15) is 31.5 Å². The van der Waals surface area contributed by atoms with Crippen LogP contribution in [0.1, 0.15) is 38.6 Å². The van der Waals surface area contributed by atoms with Crippen LogP contribution in [-0.2, 0) is 0 Å². The Hall–Kier alpha value is -3.74. The van der Waals surface area contributed by atoms with Crippen molar-refractivity contribution < 1.29 is 41.0 Å². The summed E-state index contributed by atoms with van der Waals surface area (Å²) >= 11 is 1.23. The lowest BCUT2D eigenvalue weighted by Crippen LogP contribution is -2.25. The highest BCUT2D eigenvalue weighted by molar-refractivity contribution is 7.19. The second-order valence-electron chi connectivity index (χ2n) is 7.44. The van der Waals surface area contributed by atoms with Gasteiger partial charge in [-0.25, -0.2) is 4.98 Å². The molecule has 0 aliphatic heterocycles. The third-order valence-corrected chi connectivity index (χ3v) is 5.79. The number of allylic oxidation sites excluding steroid dienone is 1. The number of carbonyl (C=O) groups excluding carboxylic acids is 2. The molecule has 36 heavy (non-hydrogen) atoms. The quantitative estimate of drug-likeness (QED) is 0.329. The van der Waals surface area contributed by atoms with Crippen LogP contribution in [0.4, 0.5) is 27.6 Å². The molecule has 0 radical (unpaired) electrons. The number of carbonyl (C=O) groups is 2. The molecule has 2 amide bonds. The average Bonchev–Trinajstić information content (AvgIpc) is 3.16. The summed E-state index contributed by atoms with van der Waals surface area (Å²) in [7, 11) is 1.36. The molecule has 2 aromatic carbocycles. The van der Waals surface area contributed by atoms with Gasteiger partial charge in [-0.05, 0) is 37.6 Å². The Morgan fingerprint density at radius 1 is 1.17 bits per heavy atom. The first-order chi connectivity index (χ1) is 16.9. The molecule has 0 saturated heterocycles. The van der Waals surface area contributed by atoms with Crippen LogP contribution in [-0.4, -0.2) is 36.7 Å². The number of amides is 2. The van der Waals surface area contributed by atoms with Crippen molar-refractivity contribution in [3.63, 3.8) is 0 Å². The summed E-state index contributed by atoms with van der Waals surface area (Å²) in [6.07, 6.45) is -6.21. The number of nitrogens with zero attached hydrogens (tertiary/aromatic N) is 1. The summed E-state index contributed by atoms with van der Waals surface area (Å²) in [5, 5.41) is 5.40. The van der Waals surface area contributed by atoms with Crippen molar-refractivity contribution in [3.8, 4) is 11.5 Å². The Morgan fingerprint density at radius 2 is 1.89 bits per heavy atom. The lowest BCUT2D eigenvalue weighted by Gasteiger charge is -2.16. The van der Waals surface area contributed by atoms with Gasteiger partial charge in [-0.2, -0.15) is 22.0 Å². The van der Waals surface area contributed by atoms with E-state index in [0.29, 0.717) is 15.2 Å². The monoisotopic (exact) mass is 529 g/mol. The van der Waals surface area contributed by atoms with Gasteiger partial charge in [0.1, 0.15) is 17.1 Å². The van der Waals surface area contributed by atoms with E-state index in [4.69, 9.17) is 4.74 Å². The van der Waals surface area contributed by atoms with E-state index in [0.717, 1.165) is 18.2 Å². The molecule has 0 fully saturated rings. The molecule has 0 atom stereocenters. The van der Waals surface area contributed by atoms with E-state index in [1.165, 1.54) is 24.5 Å². The molecule has 3 aromatic rings. The maximum atomic E-state index is 13.3. The zero-order valence-corrected chi connectivity index (χ0v) is 19.8. The Morgan fingerprint density at radius 3 is 2.53 bits per heavy atom.